The normalized spacial score (nSPS) is 29.4. The van der Waals surface area contributed by atoms with Crippen molar-refractivity contribution in [2.24, 2.45) is 0 Å². The van der Waals surface area contributed by atoms with Crippen molar-refractivity contribution in [1.29, 1.82) is 0 Å². The summed E-state index contributed by atoms with van der Waals surface area (Å²) in [5.41, 5.74) is 0.0208. The monoisotopic (exact) mass is 1050 g/mol. The summed E-state index contributed by atoms with van der Waals surface area (Å²) in [5, 5.41) is 32.6. The molecule has 4 aromatic carbocycles. The Morgan fingerprint density at radius 3 is 1.52 bits per heavy atom. The van der Waals surface area contributed by atoms with Gasteiger partial charge in [-0.2, -0.15) is 0 Å². The zero-order valence-electron chi connectivity index (χ0n) is 39.8. The first kappa shape index (κ1) is 57.1. The van der Waals surface area contributed by atoms with Crippen LogP contribution in [0.2, 0.25) is 0 Å². The maximum atomic E-state index is 14.1. The molecule has 0 saturated carbocycles. The maximum Gasteiger partial charge on any atom is 1.00 e. The molecule has 3 aliphatic rings. The van der Waals surface area contributed by atoms with Crippen molar-refractivity contribution >= 4 is 40.2 Å². The molecular formula is C49H52NNaO21S. The number of hydrogen-bond acceptors (Lipinski definition) is 22. The number of carbonyl (C=O) groups is 5. The van der Waals surface area contributed by atoms with Crippen LogP contribution in [-0.4, -0.2) is 176 Å². The van der Waals surface area contributed by atoms with Crippen molar-refractivity contribution in [2.45, 2.75) is 99.6 Å². The van der Waals surface area contributed by atoms with Gasteiger partial charge < -0.3 is 62.5 Å². The summed E-state index contributed by atoms with van der Waals surface area (Å²) in [4.78, 5) is 69.1. The molecule has 386 valence electrons. The van der Waals surface area contributed by atoms with Crippen LogP contribution in [0.5, 0.6) is 0 Å². The standard InChI is InChI=1S/C49H53NO21S.Na/c1-27-36(52)37(53)38(54)48(64-27)69-39-33(25-62-44(55)29-16-8-4-9-17-29)50(3)24-34(65-28(2)51)40(39)70-49-43(68-47(58)32-22-14-7-15-23-32)42(71-72(59,60)61)41(67-46(57)31-20-12-6-13-21-31)35(66-49)26-63-45(56)30-18-10-5-11-19-30;/h4-23,27,33-43,48-49,52-54H,24-26H2,1-3H3,(H,59,60,61);/q;+1/p-1/t27-,33+,34-,35+,36+,37+,38-,39+,40+,41-,42-,43+,48-,49-;/m0./s1. The van der Waals surface area contributed by atoms with Crippen molar-refractivity contribution in [1.82, 2.24) is 4.90 Å². The van der Waals surface area contributed by atoms with Crippen LogP contribution >= 0.6 is 0 Å². The third-order valence-electron chi connectivity index (χ3n) is 11.9. The third kappa shape index (κ3) is 14.8. The molecular weight excluding hydrogens is 994 g/mol. The van der Waals surface area contributed by atoms with E-state index in [2.05, 4.69) is 0 Å². The second-order valence-corrected chi connectivity index (χ2v) is 18.0. The summed E-state index contributed by atoms with van der Waals surface area (Å²) in [5.74, 6) is -4.88. The number of esters is 5. The predicted molar refractivity (Wildman–Crippen MR) is 242 cm³/mol. The van der Waals surface area contributed by atoms with Gasteiger partial charge in [0, 0.05) is 13.5 Å². The minimum atomic E-state index is -5.87. The quantitative estimate of drug-likeness (QED) is 0.0359. The van der Waals surface area contributed by atoms with Crippen molar-refractivity contribution in [3.05, 3.63) is 144 Å². The van der Waals surface area contributed by atoms with E-state index in [1.54, 1.807) is 53.4 Å². The zero-order valence-corrected chi connectivity index (χ0v) is 42.6. The fraction of sp³-hybridized carbons (Fsp3) is 0.408. The Bertz CT molecular complexity index is 2590. The van der Waals surface area contributed by atoms with E-state index < -0.39 is 139 Å². The van der Waals surface area contributed by atoms with Crippen molar-refractivity contribution in [2.75, 3.05) is 26.8 Å². The number of benzene rings is 4. The number of hydrogen-bond donors (Lipinski definition) is 3. The molecule has 0 amide bonds. The first-order valence-electron chi connectivity index (χ1n) is 22.5. The molecule has 0 aromatic heterocycles. The van der Waals surface area contributed by atoms with Crippen LogP contribution in [0.4, 0.5) is 0 Å². The van der Waals surface area contributed by atoms with E-state index in [0.29, 0.717) is 0 Å². The van der Waals surface area contributed by atoms with E-state index in [1.165, 1.54) is 86.8 Å². The van der Waals surface area contributed by atoms with Gasteiger partial charge in [-0.3, -0.25) is 13.9 Å². The van der Waals surface area contributed by atoms with Gasteiger partial charge in [0.25, 0.3) is 0 Å². The topological polar surface area (TPSA) is 299 Å². The molecule has 7 rings (SSSR count). The summed E-state index contributed by atoms with van der Waals surface area (Å²) in [6, 6.07) is 28.8. The minimum absolute atomic E-state index is 0. The van der Waals surface area contributed by atoms with Gasteiger partial charge in [-0.05, 0) is 62.5 Å². The Kier molecular flexibility index (Phi) is 20.2. The molecule has 0 radical (unpaired) electrons. The Labute approximate surface area is 441 Å². The molecule has 73 heavy (non-hydrogen) atoms. The van der Waals surface area contributed by atoms with Gasteiger partial charge in [-0.1, -0.05) is 72.8 Å². The number of piperidine rings is 1. The Balaban J connectivity index is 0.00000869. The molecule has 0 unspecified atom stereocenters. The molecule has 3 fully saturated rings. The van der Waals surface area contributed by atoms with Gasteiger partial charge in [0.2, 0.25) is 10.4 Å². The van der Waals surface area contributed by atoms with Crippen molar-refractivity contribution in [3.63, 3.8) is 0 Å². The molecule has 24 heteroatoms. The predicted octanol–water partition coefficient (Wildman–Crippen LogP) is -1.43. The Morgan fingerprint density at radius 1 is 0.589 bits per heavy atom. The maximum absolute atomic E-state index is 14.1. The van der Waals surface area contributed by atoms with Crippen molar-refractivity contribution < 1.29 is 129 Å². The minimum Gasteiger partial charge on any atom is -0.726 e. The van der Waals surface area contributed by atoms with Gasteiger partial charge in [0.15, 0.2) is 30.9 Å². The molecule has 0 bridgehead atoms. The number of likely N-dealkylation sites (tertiary alicyclic amines) is 1. The number of ether oxygens (including phenoxy) is 9. The molecule has 3 aliphatic heterocycles. The molecule has 3 saturated heterocycles. The second kappa shape index (κ2) is 25.8. The van der Waals surface area contributed by atoms with Crippen LogP contribution in [0.3, 0.4) is 0 Å². The summed E-state index contributed by atoms with van der Waals surface area (Å²) in [7, 11) is -4.33. The molecule has 0 spiro atoms. The van der Waals surface area contributed by atoms with Gasteiger partial charge in [0.05, 0.1) is 34.4 Å². The summed E-state index contributed by atoms with van der Waals surface area (Å²) in [6.45, 7) is 0.821. The Morgan fingerprint density at radius 2 is 1.04 bits per heavy atom. The van der Waals surface area contributed by atoms with Crippen molar-refractivity contribution in [3.8, 4) is 0 Å². The number of rotatable bonds is 17. The number of aliphatic hydroxyl groups excluding tert-OH is 3. The average Bonchev–Trinajstić information content (AvgIpc) is 3.36. The number of nitrogens with zero attached hydrogens (tertiary/aromatic N) is 1. The molecule has 14 atom stereocenters. The average molecular weight is 1050 g/mol. The van der Waals surface area contributed by atoms with E-state index in [4.69, 9.17) is 46.8 Å². The van der Waals surface area contributed by atoms with E-state index in [0.717, 1.165) is 6.92 Å². The molecule has 3 heterocycles. The SMILES string of the molecule is CC(=O)O[C@H]1CN(C)[C@H](COC(=O)c2ccccc2)[C@@H](O[C@@H]2O[C@@H](C)[C@@H](O)[C@@H](O)[C@@H]2O)[C@@H]1O[C@@H]1O[C@H](COC(=O)c2ccccc2)[C@H](OC(=O)c2ccccc2)[C@H](OS(=O)(=O)[O-])[C@H]1OC(=O)c1ccccc1.[Na+]. The first-order valence-corrected chi connectivity index (χ1v) is 23.9. The number of likely N-dealkylation sites (N-methyl/N-ethyl adjacent to an activating group) is 1. The van der Waals surface area contributed by atoms with E-state index >= 15 is 0 Å². The fourth-order valence-corrected chi connectivity index (χ4v) is 8.81. The Hall–Kier alpha value is -5.22. The molecule has 22 nitrogen and oxygen atoms in total. The first-order chi connectivity index (χ1) is 34.4. The van der Waals surface area contributed by atoms with Crippen LogP contribution < -0.4 is 29.6 Å². The fourth-order valence-electron chi connectivity index (χ4n) is 8.31. The molecule has 4 aromatic rings. The van der Waals surface area contributed by atoms with Gasteiger partial charge in [0.1, 0.15) is 55.9 Å². The van der Waals surface area contributed by atoms with Crippen LogP contribution in [0.15, 0.2) is 121 Å². The number of aliphatic hydroxyl groups is 3. The number of carbonyl (C=O) groups excluding carboxylic acids is 5. The van der Waals surface area contributed by atoms with Crippen LogP contribution in [-0.2, 0) is 62.0 Å². The van der Waals surface area contributed by atoms with Gasteiger partial charge in [-0.15, -0.1) is 0 Å². The largest absolute Gasteiger partial charge is 1.00 e. The second-order valence-electron chi connectivity index (χ2n) is 17.0. The summed E-state index contributed by atoms with van der Waals surface area (Å²) in [6.07, 6.45) is -23.8. The molecule has 3 N–H and O–H groups in total. The van der Waals surface area contributed by atoms with Crippen LogP contribution in [0, 0.1) is 0 Å². The smallest absolute Gasteiger partial charge is 0.726 e. The van der Waals surface area contributed by atoms with Crippen LogP contribution in [0.1, 0.15) is 55.3 Å². The van der Waals surface area contributed by atoms with E-state index in [9.17, 15) is 52.3 Å². The zero-order chi connectivity index (χ0) is 51.7. The van der Waals surface area contributed by atoms with E-state index in [-0.39, 0.29) is 58.4 Å². The summed E-state index contributed by atoms with van der Waals surface area (Å²) < 4.78 is 97.7. The van der Waals surface area contributed by atoms with Crippen LogP contribution in [0.25, 0.3) is 0 Å². The van der Waals surface area contributed by atoms with Gasteiger partial charge in [-0.25, -0.2) is 27.6 Å². The third-order valence-corrected chi connectivity index (χ3v) is 12.4. The van der Waals surface area contributed by atoms with Gasteiger partial charge >= 0.3 is 59.4 Å². The molecule has 0 aliphatic carbocycles. The van der Waals surface area contributed by atoms with E-state index in [1.807, 2.05) is 0 Å². The summed E-state index contributed by atoms with van der Waals surface area (Å²) >= 11 is 0.